The molecule has 0 aliphatic rings. The highest BCUT2D eigenvalue weighted by atomic mass is 16.6. The molecule has 0 saturated carbocycles. The summed E-state index contributed by atoms with van der Waals surface area (Å²) in [6.45, 7) is 2.66. The van der Waals surface area contributed by atoms with Crippen molar-refractivity contribution < 1.29 is 9.72 Å². The zero-order chi connectivity index (χ0) is 17.4. The molecule has 0 bridgehead atoms. The van der Waals surface area contributed by atoms with Crippen LogP contribution in [-0.4, -0.2) is 17.4 Å². The van der Waals surface area contributed by atoms with Crippen molar-refractivity contribution in [1.82, 2.24) is 5.32 Å². The number of hydrogen-bond donors (Lipinski definition) is 1. The monoisotopic (exact) mass is 324 g/mol. The fourth-order valence-corrected chi connectivity index (χ4v) is 2.27. The Balaban J connectivity index is 2.36. The van der Waals surface area contributed by atoms with Crippen LogP contribution in [0, 0.1) is 10.1 Å². The average Bonchev–Trinajstić information content (AvgIpc) is 2.60. The van der Waals surface area contributed by atoms with E-state index in [4.69, 9.17) is 0 Å². The standard InChI is InChI=1S/C19H20N2O3/c1-2-3-12-20-19(22)18(16-9-5-4-6-10-16)14-15-8-7-11-17(13-15)21(23)24/h4-11,13-14H,2-3,12H2,1H3,(H,20,22)/b18-14+. The second-order valence-corrected chi connectivity index (χ2v) is 5.39. The number of nitrogens with one attached hydrogen (secondary N) is 1. The number of rotatable bonds is 7. The highest BCUT2D eigenvalue weighted by molar-refractivity contribution is 6.24. The van der Waals surface area contributed by atoms with Crippen LogP contribution in [0.15, 0.2) is 54.6 Å². The summed E-state index contributed by atoms with van der Waals surface area (Å²) in [5.74, 6) is -0.179. The summed E-state index contributed by atoms with van der Waals surface area (Å²) in [7, 11) is 0. The van der Waals surface area contributed by atoms with Gasteiger partial charge in [0, 0.05) is 24.3 Å². The lowest BCUT2D eigenvalue weighted by Gasteiger charge is -2.09. The minimum Gasteiger partial charge on any atom is -0.352 e. The summed E-state index contributed by atoms with van der Waals surface area (Å²) in [6, 6.07) is 15.5. The third-order valence-electron chi connectivity index (χ3n) is 3.54. The van der Waals surface area contributed by atoms with Crippen LogP contribution in [0.25, 0.3) is 11.6 Å². The van der Waals surface area contributed by atoms with Crippen molar-refractivity contribution in [3.05, 3.63) is 75.8 Å². The molecule has 24 heavy (non-hydrogen) atoms. The molecule has 2 aromatic carbocycles. The summed E-state index contributed by atoms with van der Waals surface area (Å²) >= 11 is 0. The summed E-state index contributed by atoms with van der Waals surface area (Å²) in [5, 5.41) is 13.8. The van der Waals surface area contributed by atoms with Gasteiger partial charge in [-0.1, -0.05) is 55.8 Å². The lowest BCUT2D eigenvalue weighted by atomic mass is 10.0. The molecule has 0 radical (unpaired) electrons. The molecule has 0 saturated heterocycles. The summed E-state index contributed by atoms with van der Waals surface area (Å²) in [6.07, 6.45) is 3.59. The minimum absolute atomic E-state index is 0.00236. The van der Waals surface area contributed by atoms with Gasteiger partial charge in [0.05, 0.1) is 4.92 Å². The Hall–Kier alpha value is -2.95. The fraction of sp³-hybridized carbons (Fsp3) is 0.211. The third kappa shape index (κ3) is 4.78. The Kier molecular flexibility index (Phi) is 6.25. The molecule has 0 fully saturated rings. The van der Waals surface area contributed by atoms with Gasteiger partial charge in [-0.15, -0.1) is 0 Å². The second kappa shape index (κ2) is 8.62. The highest BCUT2D eigenvalue weighted by Gasteiger charge is 2.12. The van der Waals surface area contributed by atoms with Gasteiger partial charge in [0.1, 0.15) is 0 Å². The van der Waals surface area contributed by atoms with E-state index in [1.54, 1.807) is 18.2 Å². The molecule has 124 valence electrons. The van der Waals surface area contributed by atoms with Gasteiger partial charge in [0.25, 0.3) is 11.6 Å². The molecular weight excluding hydrogens is 304 g/mol. The number of hydrogen-bond acceptors (Lipinski definition) is 3. The van der Waals surface area contributed by atoms with Gasteiger partial charge >= 0.3 is 0 Å². The molecule has 1 N–H and O–H groups in total. The van der Waals surface area contributed by atoms with E-state index < -0.39 is 4.92 Å². The third-order valence-corrected chi connectivity index (χ3v) is 3.54. The predicted molar refractivity (Wildman–Crippen MR) is 95.3 cm³/mol. The molecule has 0 aromatic heterocycles. The van der Waals surface area contributed by atoms with E-state index in [0.717, 1.165) is 18.4 Å². The first kappa shape index (κ1) is 17.4. The molecule has 0 aliphatic heterocycles. The number of nitro groups is 1. The van der Waals surface area contributed by atoms with Crippen molar-refractivity contribution in [2.24, 2.45) is 0 Å². The Morgan fingerprint density at radius 2 is 1.92 bits per heavy atom. The van der Waals surface area contributed by atoms with Crippen LogP contribution in [0.2, 0.25) is 0 Å². The van der Waals surface area contributed by atoms with Gasteiger partial charge < -0.3 is 5.32 Å². The maximum Gasteiger partial charge on any atom is 0.270 e. The summed E-state index contributed by atoms with van der Waals surface area (Å²) in [5.41, 5.74) is 1.89. The van der Waals surface area contributed by atoms with E-state index in [9.17, 15) is 14.9 Å². The lowest BCUT2D eigenvalue weighted by Crippen LogP contribution is -2.25. The Labute approximate surface area is 141 Å². The van der Waals surface area contributed by atoms with Crippen molar-refractivity contribution in [2.45, 2.75) is 19.8 Å². The van der Waals surface area contributed by atoms with Crippen molar-refractivity contribution in [3.63, 3.8) is 0 Å². The van der Waals surface area contributed by atoms with Gasteiger partial charge in [0.2, 0.25) is 0 Å². The van der Waals surface area contributed by atoms with Crippen LogP contribution in [0.1, 0.15) is 30.9 Å². The van der Waals surface area contributed by atoms with Gasteiger partial charge in [-0.3, -0.25) is 14.9 Å². The zero-order valence-corrected chi connectivity index (χ0v) is 13.6. The van der Waals surface area contributed by atoms with Gasteiger partial charge in [0.15, 0.2) is 0 Å². The van der Waals surface area contributed by atoms with Gasteiger partial charge in [-0.05, 0) is 23.6 Å². The maximum absolute atomic E-state index is 12.5. The quantitative estimate of drug-likeness (QED) is 0.274. The van der Waals surface area contributed by atoms with Crippen LogP contribution in [0.4, 0.5) is 5.69 Å². The first-order chi connectivity index (χ1) is 11.6. The van der Waals surface area contributed by atoms with E-state index in [0.29, 0.717) is 17.7 Å². The fourth-order valence-electron chi connectivity index (χ4n) is 2.27. The smallest absolute Gasteiger partial charge is 0.270 e. The molecular formula is C19H20N2O3. The first-order valence-electron chi connectivity index (χ1n) is 7.91. The Bertz CT molecular complexity index is 739. The lowest BCUT2D eigenvalue weighted by molar-refractivity contribution is -0.384. The molecule has 2 aromatic rings. The van der Waals surface area contributed by atoms with Crippen LogP contribution in [0.3, 0.4) is 0 Å². The number of carbonyl (C=O) groups excluding carboxylic acids is 1. The SMILES string of the molecule is CCCCNC(=O)/C(=C/c1cccc([N+](=O)[O-])c1)c1ccccc1. The van der Waals surface area contributed by atoms with E-state index >= 15 is 0 Å². The Morgan fingerprint density at radius 1 is 1.17 bits per heavy atom. The van der Waals surface area contributed by atoms with E-state index in [1.807, 2.05) is 30.3 Å². The zero-order valence-electron chi connectivity index (χ0n) is 13.6. The van der Waals surface area contributed by atoms with Crippen molar-refractivity contribution in [3.8, 4) is 0 Å². The van der Waals surface area contributed by atoms with Gasteiger partial charge in [-0.25, -0.2) is 0 Å². The van der Waals surface area contributed by atoms with Crippen LogP contribution >= 0.6 is 0 Å². The molecule has 1 amide bonds. The molecule has 5 heteroatoms. The van der Waals surface area contributed by atoms with Crippen molar-refractivity contribution >= 4 is 23.2 Å². The van der Waals surface area contributed by atoms with Gasteiger partial charge in [-0.2, -0.15) is 0 Å². The number of nitrogens with zero attached hydrogens (tertiary/aromatic N) is 1. The largest absolute Gasteiger partial charge is 0.352 e. The highest BCUT2D eigenvalue weighted by Crippen LogP contribution is 2.21. The van der Waals surface area contributed by atoms with E-state index in [1.165, 1.54) is 12.1 Å². The molecule has 0 spiro atoms. The number of amides is 1. The Morgan fingerprint density at radius 3 is 2.58 bits per heavy atom. The predicted octanol–water partition coefficient (Wildman–Crippen LogP) is 4.05. The summed E-state index contributed by atoms with van der Waals surface area (Å²) in [4.78, 5) is 23.0. The van der Waals surface area contributed by atoms with E-state index in [-0.39, 0.29) is 11.6 Å². The molecule has 0 heterocycles. The number of non-ortho nitro benzene ring substituents is 1. The first-order valence-corrected chi connectivity index (χ1v) is 7.91. The topological polar surface area (TPSA) is 72.2 Å². The maximum atomic E-state index is 12.5. The molecule has 0 unspecified atom stereocenters. The van der Waals surface area contributed by atoms with Crippen LogP contribution in [0.5, 0.6) is 0 Å². The second-order valence-electron chi connectivity index (χ2n) is 5.39. The molecule has 5 nitrogen and oxygen atoms in total. The average molecular weight is 324 g/mol. The van der Waals surface area contributed by atoms with Crippen LogP contribution < -0.4 is 5.32 Å². The number of benzene rings is 2. The molecule has 2 rings (SSSR count). The number of unbranched alkanes of at least 4 members (excludes halogenated alkanes) is 1. The summed E-state index contributed by atoms with van der Waals surface area (Å²) < 4.78 is 0. The van der Waals surface area contributed by atoms with Crippen LogP contribution in [-0.2, 0) is 4.79 Å². The van der Waals surface area contributed by atoms with Crippen molar-refractivity contribution in [1.29, 1.82) is 0 Å². The molecule has 0 atom stereocenters. The van der Waals surface area contributed by atoms with Crippen molar-refractivity contribution in [2.75, 3.05) is 6.54 Å². The van der Waals surface area contributed by atoms with E-state index in [2.05, 4.69) is 12.2 Å². The number of nitro benzene ring substituents is 1. The molecule has 0 aliphatic carbocycles. The minimum atomic E-state index is -0.444. The number of carbonyl (C=O) groups is 1. The normalized spacial score (nSPS) is 11.1.